The van der Waals surface area contributed by atoms with Crippen molar-refractivity contribution in [3.05, 3.63) is 95.1 Å². The number of amides is 1. The lowest BCUT2D eigenvalue weighted by atomic mass is 10.1. The highest BCUT2D eigenvalue weighted by molar-refractivity contribution is 7.89. The van der Waals surface area contributed by atoms with E-state index in [4.69, 9.17) is 0 Å². The predicted octanol–water partition coefficient (Wildman–Crippen LogP) is 3.77. The predicted molar refractivity (Wildman–Crippen MR) is 151 cm³/mol. The van der Waals surface area contributed by atoms with Gasteiger partial charge in [-0.15, -0.1) is 0 Å². The number of anilines is 1. The van der Waals surface area contributed by atoms with Crippen LogP contribution in [0.4, 0.5) is 5.69 Å². The molecule has 38 heavy (non-hydrogen) atoms. The van der Waals surface area contributed by atoms with Crippen LogP contribution in [0.1, 0.15) is 27.0 Å². The lowest BCUT2D eigenvalue weighted by Crippen LogP contribution is -2.49. The number of piperazine rings is 2. The molecule has 3 aromatic rings. The van der Waals surface area contributed by atoms with Gasteiger partial charge in [0.25, 0.3) is 5.91 Å². The van der Waals surface area contributed by atoms with Gasteiger partial charge in [0.15, 0.2) is 0 Å². The molecule has 2 aliphatic heterocycles. The van der Waals surface area contributed by atoms with E-state index < -0.39 is 10.0 Å². The van der Waals surface area contributed by atoms with Crippen molar-refractivity contribution in [2.45, 2.75) is 25.3 Å². The fourth-order valence-corrected chi connectivity index (χ4v) is 6.78. The van der Waals surface area contributed by atoms with Gasteiger partial charge in [0.2, 0.25) is 10.0 Å². The molecule has 5 rings (SSSR count). The molecule has 0 radical (unpaired) electrons. The number of hydrogen-bond donors (Lipinski definition) is 0. The number of rotatable bonds is 6. The Labute approximate surface area is 226 Å². The molecule has 2 aliphatic rings. The standard InChI is InChI=1S/C30H36N4O3S/c1-24-8-6-13-29(25(24)2)32-16-18-33(19-17-32)30(35)27-10-7-9-26(22-27)23-31-14-20-34(21-15-31)38(36,37)28-11-4-3-5-12-28/h3-13,22H,14-21,23H2,1-2H3. The monoisotopic (exact) mass is 532 g/mol. The van der Waals surface area contributed by atoms with Crippen LogP contribution in [-0.2, 0) is 16.6 Å². The number of nitrogens with zero attached hydrogens (tertiary/aromatic N) is 4. The minimum atomic E-state index is -3.46. The highest BCUT2D eigenvalue weighted by Crippen LogP contribution is 2.24. The van der Waals surface area contributed by atoms with Gasteiger partial charge in [-0.3, -0.25) is 9.69 Å². The molecule has 2 fully saturated rings. The van der Waals surface area contributed by atoms with Crippen molar-refractivity contribution in [1.82, 2.24) is 14.1 Å². The highest BCUT2D eigenvalue weighted by Gasteiger charge is 2.28. The Morgan fingerprint density at radius 2 is 1.45 bits per heavy atom. The van der Waals surface area contributed by atoms with E-state index >= 15 is 0 Å². The first kappa shape index (κ1) is 26.4. The molecule has 0 aliphatic carbocycles. The third-order valence-electron chi connectivity index (χ3n) is 7.78. The minimum Gasteiger partial charge on any atom is -0.368 e. The van der Waals surface area contributed by atoms with E-state index in [-0.39, 0.29) is 5.91 Å². The fourth-order valence-electron chi connectivity index (χ4n) is 5.34. The van der Waals surface area contributed by atoms with Crippen LogP contribution in [0.3, 0.4) is 0 Å². The molecule has 0 saturated carbocycles. The normalized spacial score (nSPS) is 17.5. The molecule has 0 bridgehead atoms. The maximum atomic E-state index is 13.3. The third kappa shape index (κ3) is 5.62. The number of sulfonamides is 1. The van der Waals surface area contributed by atoms with Crippen molar-refractivity contribution in [3.8, 4) is 0 Å². The Kier molecular flexibility index (Phi) is 7.83. The van der Waals surface area contributed by atoms with E-state index in [0.717, 1.165) is 18.7 Å². The van der Waals surface area contributed by atoms with Gasteiger partial charge in [0, 0.05) is 70.2 Å². The topological polar surface area (TPSA) is 64.2 Å². The first-order valence-corrected chi connectivity index (χ1v) is 14.7. The summed E-state index contributed by atoms with van der Waals surface area (Å²) in [6.07, 6.45) is 0. The molecule has 0 unspecified atom stereocenters. The smallest absolute Gasteiger partial charge is 0.253 e. The molecule has 0 N–H and O–H groups in total. The van der Waals surface area contributed by atoms with Gasteiger partial charge in [-0.2, -0.15) is 4.31 Å². The molecule has 7 nitrogen and oxygen atoms in total. The molecule has 2 heterocycles. The van der Waals surface area contributed by atoms with Crippen LogP contribution in [0.5, 0.6) is 0 Å². The Morgan fingerprint density at radius 1 is 0.763 bits per heavy atom. The van der Waals surface area contributed by atoms with E-state index in [1.807, 2.05) is 35.2 Å². The van der Waals surface area contributed by atoms with Crippen LogP contribution in [0.15, 0.2) is 77.7 Å². The second-order valence-corrected chi connectivity index (χ2v) is 12.1. The van der Waals surface area contributed by atoms with Gasteiger partial charge in [-0.05, 0) is 60.9 Å². The molecule has 8 heteroatoms. The molecule has 3 aromatic carbocycles. The first-order chi connectivity index (χ1) is 18.3. The number of carbonyl (C=O) groups excluding carboxylic acids is 1. The summed E-state index contributed by atoms with van der Waals surface area (Å²) >= 11 is 0. The first-order valence-electron chi connectivity index (χ1n) is 13.3. The molecule has 2 saturated heterocycles. The largest absolute Gasteiger partial charge is 0.368 e. The zero-order valence-electron chi connectivity index (χ0n) is 22.2. The Bertz CT molecular complexity index is 1380. The third-order valence-corrected chi connectivity index (χ3v) is 9.69. The maximum Gasteiger partial charge on any atom is 0.253 e. The van der Waals surface area contributed by atoms with Crippen LogP contribution in [-0.4, -0.2) is 80.8 Å². The molecular weight excluding hydrogens is 496 g/mol. The Morgan fingerprint density at radius 3 is 2.16 bits per heavy atom. The van der Waals surface area contributed by atoms with E-state index in [0.29, 0.717) is 56.3 Å². The van der Waals surface area contributed by atoms with E-state index in [9.17, 15) is 13.2 Å². The van der Waals surface area contributed by atoms with Crippen molar-refractivity contribution < 1.29 is 13.2 Å². The number of carbonyl (C=O) groups is 1. The van der Waals surface area contributed by atoms with Crippen molar-refractivity contribution in [1.29, 1.82) is 0 Å². The fraction of sp³-hybridized carbons (Fsp3) is 0.367. The van der Waals surface area contributed by atoms with Gasteiger partial charge in [-0.1, -0.05) is 42.5 Å². The quantitative estimate of drug-likeness (QED) is 0.484. The van der Waals surface area contributed by atoms with Gasteiger partial charge < -0.3 is 9.80 Å². The van der Waals surface area contributed by atoms with Crippen LogP contribution in [0.2, 0.25) is 0 Å². The summed E-state index contributed by atoms with van der Waals surface area (Å²) in [5.74, 6) is 0.0752. The summed E-state index contributed by atoms with van der Waals surface area (Å²) in [4.78, 5) is 20.2. The van der Waals surface area contributed by atoms with E-state index in [1.165, 1.54) is 16.8 Å². The molecular formula is C30H36N4O3S. The summed E-state index contributed by atoms with van der Waals surface area (Å²) in [6.45, 7) is 10.3. The maximum absolute atomic E-state index is 13.3. The highest BCUT2D eigenvalue weighted by atomic mass is 32.2. The second-order valence-electron chi connectivity index (χ2n) is 10.2. The van der Waals surface area contributed by atoms with Crippen LogP contribution in [0, 0.1) is 13.8 Å². The lowest BCUT2D eigenvalue weighted by molar-refractivity contribution is 0.0746. The molecule has 1 amide bonds. The summed E-state index contributed by atoms with van der Waals surface area (Å²) < 4.78 is 27.4. The van der Waals surface area contributed by atoms with Gasteiger partial charge >= 0.3 is 0 Å². The average Bonchev–Trinajstić information content (AvgIpc) is 2.95. The van der Waals surface area contributed by atoms with Crippen molar-refractivity contribution in [2.75, 3.05) is 57.3 Å². The molecule has 0 spiro atoms. The van der Waals surface area contributed by atoms with Crippen molar-refractivity contribution in [2.24, 2.45) is 0 Å². The zero-order chi connectivity index (χ0) is 26.7. The number of benzene rings is 3. The van der Waals surface area contributed by atoms with Gasteiger partial charge in [0.1, 0.15) is 0 Å². The average molecular weight is 533 g/mol. The molecule has 0 aromatic heterocycles. The SMILES string of the molecule is Cc1cccc(N2CCN(C(=O)c3cccc(CN4CCN(S(=O)(=O)c5ccccc5)CC4)c3)CC2)c1C. The van der Waals surface area contributed by atoms with Crippen molar-refractivity contribution in [3.63, 3.8) is 0 Å². The van der Waals surface area contributed by atoms with Crippen LogP contribution < -0.4 is 4.90 Å². The number of hydrogen-bond acceptors (Lipinski definition) is 5. The summed E-state index contributed by atoms with van der Waals surface area (Å²) in [5.41, 5.74) is 5.64. The second kappa shape index (κ2) is 11.3. The van der Waals surface area contributed by atoms with Crippen LogP contribution in [0.25, 0.3) is 0 Å². The van der Waals surface area contributed by atoms with E-state index in [1.54, 1.807) is 28.6 Å². The molecule has 0 atom stereocenters. The summed E-state index contributed by atoms with van der Waals surface area (Å²) in [5, 5.41) is 0. The van der Waals surface area contributed by atoms with Crippen LogP contribution >= 0.6 is 0 Å². The van der Waals surface area contributed by atoms with Crippen molar-refractivity contribution >= 4 is 21.6 Å². The molecule has 200 valence electrons. The van der Waals surface area contributed by atoms with E-state index in [2.05, 4.69) is 41.8 Å². The van der Waals surface area contributed by atoms with Gasteiger partial charge in [-0.25, -0.2) is 8.42 Å². The Balaban J connectivity index is 1.16. The summed E-state index contributed by atoms with van der Waals surface area (Å²) in [6, 6.07) is 22.9. The lowest BCUT2D eigenvalue weighted by Gasteiger charge is -2.37. The zero-order valence-corrected chi connectivity index (χ0v) is 23.0. The van der Waals surface area contributed by atoms with Gasteiger partial charge in [0.05, 0.1) is 4.90 Å². The minimum absolute atomic E-state index is 0.0752. The summed E-state index contributed by atoms with van der Waals surface area (Å²) in [7, 11) is -3.46. The Hall–Kier alpha value is -3.20. The number of aryl methyl sites for hydroxylation is 1.